The molecular weight excluding hydrogens is 124 g/mol. The zero-order valence-electron chi connectivity index (χ0n) is 6.71. The topological polar surface area (TPSA) is 29.3 Å². The summed E-state index contributed by atoms with van der Waals surface area (Å²) in [5.41, 5.74) is 5.55. The predicted octanol–water partition coefficient (Wildman–Crippen LogP) is 0.634. The summed E-state index contributed by atoms with van der Waals surface area (Å²) in [6, 6.07) is 0.577. The maximum atomic E-state index is 5.55. The van der Waals surface area contributed by atoms with Gasteiger partial charge in [-0.1, -0.05) is 0 Å². The zero-order chi connectivity index (χ0) is 7.40. The standard InChI is InChI=1S/C8H17N2/c1-8(7-9)10-5-3-2-4-6-10/h2,8H,3-7,9H2,1H3. The molecule has 1 aliphatic rings. The van der Waals surface area contributed by atoms with Gasteiger partial charge in [0.1, 0.15) is 0 Å². The van der Waals surface area contributed by atoms with Crippen LogP contribution in [0.25, 0.3) is 0 Å². The van der Waals surface area contributed by atoms with E-state index in [1.54, 1.807) is 0 Å². The second kappa shape index (κ2) is 3.94. The normalized spacial score (nSPS) is 24.6. The minimum Gasteiger partial charge on any atom is -0.329 e. The van der Waals surface area contributed by atoms with Gasteiger partial charge in [-0.2, -0.15) is 0 Å². The SMILES string of the molecule is CC(CN)N1CC[CH]CC1. The van der Waals surface area contributed by atoms with Crippen LogP contribution in [0.2, 0.25) is 0 Å². The van der Waals surface area contributed by atoms with E-state index >= 15 is 0 Å². The molecule has 0 bridgehead atoms. The monoisotopic (exact) mass is 141 g/mol. The number of nitrogens with two attached hydrogens (primary N) is 1. The smallest absolute Gasteiger partial charge is 0.0190 e. The van der Waals surface area contributed by atoms with Crippen LogP contribution in [-0.4, -0.2) is 30.6 Å². The number of hydrogen-bond acceptors (Lipinski definition) is 2. The van der Waals surface area contributed by atoms with Crippen LogP contribution < -0.4 is 5.73 Å². The van der Waals surface area contributed by atoms with Gasteiger partial charge in [0, 0.05) is 12.6 Å². The lowest BCUT2D eigenvalue weighted by atomic mass is 10.1. The van der Waals surface area contributed by atoms with Crippen LogP contribution in [0.3, 0.4) is 0 Å². The van der Waals surface area contributed by atoms with Gasteiger partial charge in [-0.25, -0.2) is 0 Å². The lowest BCUT2D eigenvalue weighted by Crippen LogP contribution is -2.41. The van der Waals surface area contributed by atoms with E-state index in [-0.39, 0.29) is 0 Å². The molecule has 1 unspecified atom stereocenters. The largest absolute Gasteiger partial charge is 0.329 e. The molecule has 0 spiro atoms. The number of nitrogens with zero attached hydrogens (tertiary/aromatic N) is 1. The van der Waals surface area contributed by atoms with E-state index in [2.05, 4.69) is 18.2 Å². The Morgan fingerprint density at radius 1 is 1.50 bits per heavy atom. The fourth-order valence-electron chi connectivity index (χ4n) is 1.36. The molecule has 2 heteroatoms. The highest BCUT2D eigenvalue weighted by atomic mass is 15.2. The van der Waals surface area contributed by atoms with Crippen molar-refractivity contribution in [3.63, 3.8) is 0 Å². The van der Waals surface area contributed by atoms with Crippen LogP contribution in [-0.2, 0) is 0 Å². The third kappa shape index (κ3) is 1.96. The summed E-state index contributed by atoms with van der Waals surface area (Å²) in [5.74, 6) is 0. The van der Waals surface area contributed by atoms with E-state index in [0.717, 1.165) is 6.54 Å². The molecule has 1 radical (unpaired) electrons. The third-order valence-electron chi connectivity index (χ3n) is 2.21. The van der Waals surface area contributed by atoms with Crippen molar-refractivity contribution in [2.75, 3.05) is 19.6 Å². The first-order valence-corrected chi connectivity index (χ1v) is 4.10. The van der Waals surface area contributed by atoms with Crippen molar-refractivity contribution in [3.05, 3.63) is 6.42 Å². The average molecular weight is 141 g/mol. The molecule has 1 fully saturated rings. The molecular formula is C8H17N2. The minimum atomic E-state index is 0.577. The van der Waals surface area contributed by atoms with Gasteiger partial charge < -0.3 is 5.73 Å². The Morgan fingerprint density at radius 2 is 2.10 bits per heavy atom. The Labute approximate surface area is 63.4 Å². The first-order valence-electron chi connectivity index (χ1n) is 4.10. The summed E-state index contributed by atoms with van der Waals surface area (Å²) < 4.78 is 0. The van der Waals surface area contributed by atoms with Crippen LogP contribution >= 0.6 is 0 Å². The Morgan fingerprint density at radius 3 is 2.60 bits per heavy atom. The number of piperidine rings is 1. The van der Waals surface area contributed by atoms with E-state index in [0.29, 0.717) is 6.04 Å². The highest BCUT2D eigenvalue weighted by Gasteiger charge is 2.14. The molecule has 59 valence electrons. The lowest BCUT2D eigenvalue weighted by Gasteiger charge is -2.31. The molecule has 1 rings (SSSR count). The van der Waals surface area contributed by atoms with Crippen molar-refractivity contribution in [1.82, 2.24) is 4.90 Å². The molecule has 1 atom stereocenters. The van der Waals surface area contributed by atoms with Crippen molar-refractivity contribution in [2.45, 2.75) is 25.8 Å². The Bertz CT molecular complexity index is 87.3. The molecule has 0 aromatic rings. The molecule has 0 aromatic heterocycles. The molecule has 0 aliphatic carbocycles. The summed E-state index contributed by atoms with van der Waals surface area (Å²) in [6.45, 7) is 5.40. The predicted molar refractivity (Wildman–Crippen MR) is 43.6 cm³/mol. The van der Waals surface area contributed by atoms with Gasteiger partial charge in [-0.3, -0.25) is 4.90 Å². The van der Waals surface area contributed by atoms with Crippen LogP contribution in [0.4, 0.5) is 0 Å². The number of rotatable bonds is 2. The van der Waals surface area contributed by atoms with Gasteiger partial charge in [0.05, 0.1) is 0 Å². The van der Waals surface area contributed by atoms with Crippen LogP contribution in [0, 0.1) is 6.42 Å². The molecule has 2 nitrogen and oxygen atoms in total. The summed E-state index contributed by atoms with van der Waals surface area (Å²) in [7, 11) is 0. The molecule has 10 heavy (non-hydrogen) atoms. The van der Waals surface area contributed by atoms with Crippen LogP contribution in [0.5, 0.6) is 0 Å². The lowest BCUT2D eigenvalue weighted by molar-refractivity contribution is 0.197. The van der Waals surface area contributed by atoms with E-state index < -0.39 is 0 Å². The first-order chi connectivity index (χ1) is 4.84. The highest BCUT2D eigenvalue weighted by Crippen LogP contribution is 2.09. The molecule has 0 aromatic carbocycles. The maximum Gasteiger partial charge on any atom is 0.0190 e. The van der Waals surface area contributed by atoms with Gasteiger partial charge in [-0.15, -0.1) is 0 Å². The van der Waals surface area contributed by atoms with Gasteiger partial charge in [-0.05, 0) is 39.3 Å². The fourth-order valence-corrected chi connectivity index (χ4v) is 1.36. The summed E-state index contributed by atoms with van der Waals surface area (Å²) in [6.07, 6.45) is 4.84. The van der Waals surface area contributed by atoms with Crippen molar-refractivity contribution < 1.29 is 0 Å². The average Bonchev–Trinajstić information content (AvgIpc) is 2.05. The third-order valence-corrected chi connectivity index (χ3v) is 2.21. The number of hydrogen-bond donors (Lipinski definition) is 1. The maximum absolute atomic E-state index is 5.55. The quantitative estimate of drug-likeness (QED) is 0.611. The second-order valence-corrected chi connectivity index (χ2v) is 2.99. The first kappa shape index (κ1) is 8.02. The van der Waals surface area contributed by atoms with E-state index in [4.69, 9.17) is 5.73 Å². The molecule has 0 amide bonds. The summed E-state index contributed by atoms with van der Waals surface area (Å²) in [5, 5.41) is 0. The van der Waals surface area contributed by atoms with Crippen LogP contribution in [0.1, 0.15) is 19.8 Å². The van der Waals surface area contributed by atoms with Crippen molar-refractivity contribution in [2.24, 2.45) is 5.73 Å². The summed E-state index contributed by atoms with van der Waals surface area (Å²) >= 11 is 0. The molecule has 1 saturated heterocycles. The zero-order valence-corrected chi connectivity index (χ0v) is 6.71. The van der Waals surface area contributed by atoms with Gasteiger partial charge in [0.15, 0.2) is 0 Å². The van der Waals surface area contributed by atoms with Gasteiger partial charge >= 0.3 is 0 Å². The number of likely N-dealkylation sites (tertiary alicyclic amines) is 1. The summed E-state index contributed by atoms with van der Waals surface area (Å²) in [4.78, 5) is 2.46. The molecule has 2 N–H and O–H groups in total. The molecule has 1 aliphatic heterocycles. The minimum absolute atomic E-state index is 0.577. The highest BCUT2D eigenvalue weighted by molar-refractivity contribution is 4.79. The van der Waals surface area contributed by atoms with E-state index in [9.17, 15) is 0 Å². The molecule has 0 saturated carbocycles. The Hall–Kier alpha value is -0.0800. The fraction of sp³-hybridized carbons (Fsp3) is 0.875. The van der Waals surface area contributed by atoms with Gasteiger partial charge in [0.25, 0.3) is 0 Å². The Kier molecular flexibility index (Phi) is 3.16. The molecule has 1 heterocycles. The van der Waals surface area contributed by atoms with E-state index in [1.165, 1.54) is 25.9 Å². The second-order valence-electron chi connectivity index (χ2n) is 2.99. The van der Waals surface area contributed by atoms with Crippen molar-refractivity contribution in [3.8, 4) is 0 Å². The van der Waals surface area contributed by atoms with Crippen molar-refractivity contribution >= 4 is 0 Å². The van der Waals surface area contributed by atoms with E-state index in [1.807, 2.05) is 0 Å². The van der Waals surface area contributed by atoms with Crippen LogP contribution in [0.15, 0.2) is 0 Å². The Balaban J connectivity index is 2.24. The van der Waals surface area contributed by atoms with Gasteiger partial charge in [0.2, 0.25) is 0 Å². The van der Waals surface area contributed by atoms with Crippen molar-refractivity contribution in [1.29, 1.82) is 0 Å².